The predicted molar refractivity (Wildman–Crippen MR) is 373 cm³/mol. The van der Waals surface area contributed by atoms with Gasteiger partial charge in [-0.2, -0.15) is 15.0 Å². The molecule has 0 aliphatic rings. The van der Waals surface area contributed by atoms with E-state index in [9.17, 15) is 0 Å². The number of aromatic nitrogens is 4. The summed E-state index contributed by atoms with van der Waals surface area (Å²) in [6, 6.07) is 129. The zero-order valence-electron chi connectivity index (χ0n) is 48.3. The molecule has 0 saturated carbocycles. The van der Waals surface area contributed by atoms with Crippen molar-refractivity contribution >= 4 is 91.1 Å². The van der Waals surface area contributed by atoms with Gasteiger partial charge in [0.1, 0.15) is 0 Å². The summed E-state index contributed by atoms with van der Waals surface area (Å²) in [5, 5.41) is 16.0. The molecule has 0 aliphatic carbocycles. The molecule has 0 fully saturated rings. The Labute approximate surface area is 515 Å². The highest BCUT2D eigenvalue weighted by Gasteiger charge is 2.46. The molecule has 13 aromatic carbocycles. The van der Waals surface area contributed by atoms with Gasteiger partial charge in [0.15, 0.2) is 22.0 Å². The van der Waals surface area contributed by atoms with Gasteiger partial charge in [0, 0.05) is 27.6 Å². The van der Waals surface area contributed by atoms with Crippen LogP contribution in [0.1, 0.15) is 0 Å². The Hall–Kier alpha value is -11.1. The van der Waals surface area contributed by atoms with Gasteiger partial charge in [0.05, 0.1) is 11.0 Å². The van der Waals surface area contributed by atoms with Crippen LogP contribution in [0.25, 0.3) is 72.5 Å². The van der Waals surface area contributed by atoms with Crippen molar-refractivity contribution < 1.29 is 0 Å². The molecule has 7 heteroatoms. The second-order valence-corrected chi connectivity index (χ2v) is 30.0. The van der Waals surface area contributed by atoms with E-state index in [4.69, 9.17) is 15.0 Å². The van der Waals surface area contributed by atoms with E-state index in [-0.39, 0.29) is 0 Å². The van der Waals surface area contributed by atoms with Gasteiger partial charge < -0.3 is 5.32 Å². The van der Waals surface area contributed by atoms with Crippen molar-refractivity contribution in [2.45, 2.75) is 0 Å². The third kappa shape index (κ3) is 9.65. The number of para-hydroxylation sites is 3. The van der Waals surface area contributed by atoms with Crippen molar-refractivity contribution in [1.82, 2.24) is 19.5 Å². The first-order valence-corrected chi connectivity index (χ1v) is 34.0. The molecular formula is C81H59N5Si2. The van der Waals surface area contributed by atoms with E-state index in [1.54, 1.807) is 0 Å². The van der Waals surface area contributed by atoms with Crippen LogP contribution in [0.3, 0.4) is 0 Å². The summed E-state index contributed by atoms with van der Waals surface area (Å²) < 4.78 is 2.21. The Morgan fingerprint density at radius 3 is 1.06 bits per heavy atom. The molecule has 15 aromatic rings. The second kappa shape index (κ2) is 23.4. The van der Waals surface area contributed by atoms with E-state index >= 15 is 0 Å². The van der Waals surface area contributed by atoms with Crippen molar-refractivity contribution in [3.63, 3.8) is 0 Å². The summed E-state index contributed by atoms with van der Waals surface area (Å²) in [4.78, 5) is 17.0. The van der Waals surface area contributed by atoms with Crippen molar-refractivity contribution in [1.29, 1.82) is 0 Å². The van der Waals surface area contributed by atoms with Crippen molar-refractivity contribution in [2.75, 3.05) is 5.32 Å². The first-order valence-electron chi connectivity index (χ1n) is 30.0. The van der Waals surface area contributed by atoms with Gasteiger partial charge in [-0.1, -0.05) is 334 Å². The summed E-state index contributed by atoms with van der Waals surface area (Å²) in [5.41, 5.74) is 10.5. The second-order valence-electron chi connectivity index (χ2n) is 22.3. The number of anilines is 2. The highest BCUT2D eigenvalue weighted by atomic mass is 28.3. The van der Waals surface area contributed by atoms with Crippen LogP contribution in [0.4, 0.5) is 11.6 Å². The zero-order valence-corrected chi connectivity index (χ0v) is 50.3. The van der Waals surface area contributed by atoms with Gasteiger partial charge in [-0.05, 0) is 87.5 Å². The van der Waals surface area contributed by atoms with Gasteiger partial charge in [0.25, 0.3) is 0 Å². The Balaban J connectivity index is 1.10. The molecule has 0 saturated heterocycles. The Kier molecular flexibility index (Phi) is 14.3. The molecule has 1 N–H and O–H groups in total. The molecule has 2 aromatic heterocycles. The van der Waals surface area contributed by atoms with E-state index in [0.29, 0.717) is 17.7 Å². The number of hydrogen-bond acceptors (Lipinski definition) is 4. The van der Waals surface area contributed by atoms with Crippen LogP contribution >= 0.6 is 0 Å². The molecule has 0 atom stereocenters. The van der Waals surface area contributed by atoms with Gasteiger partial charge in [0.2, 0.25) is 11.9 Å². The summed E-state index contributed by atoms with van der Waals surface area (Å²) >= 11 is 0. The fourth-order valence-corrected chi connectivity index (χ4v) is 23.3. The summed E-state index contributed by atoms with van der Waals surface area (Å²) in [6.07, 6.45) is 0. The first-order chi connectivity index (χ1) is 43.6. The van der Waals surface area contributed by atoms with E-state index in [1.165, 1.54) is 41.5 Å². The van der Waals surface area contributed by atoms with Crippen LogP contribution in [-0.2, 0) is 0 Å². The monoisotopic (exact) mass is 1160 g/mol. The van der Waals surface area contributed by atoms with Crippen molar-refractivity contribution in [3.05, 3.63) is 352 Å². The number of benzene rings is 13. The molecule has 0 bridgehead atoms. The molecule has 0 radical (unpaired) electrons. The molecule has 88 heavy (non-hydrogen) atoms. The van der Waals surface area contributed by atoms with Crippen molar-refractivity contribution in [2.24, 2.45) is 0 Å². The van der Waals surface area contributed by atoms with Crippen LogP contribution in [0, 0.1) is 0 Å². The lowest BCUT2D eigenvalue weighted by atomic mass is 10.0. The number of nitrogens with one attached hydrogen (secondary N) is 1. The Morgan fingerprint density at radius 1 is 0.250 bits per heavy atom. The van der Waals surface area contributed by atoms with E-state index in [1.807, 2.05) is 0 Å². The number of hydrogen-bond donors (Lipinski definition) is 1. The summed E-state index contributed by atoms with van der Waals surface area (Å²) in [7, 11) is -6.87. The fourth-order valence-electron chi connectivity index (χ4n) is 13.4. The lowest BCUT2D eigenvalue weighted by Crippen LogP contribution is -2.78. The largest absolute Gasteiger partial charge is 0.323 e. The minimum absolute atomic E-state index is 0.424. The Morgan fingerprint density at radius 2 is 0.602 bits per heavy atom. The average molecular weight is 1160 g/mol. The van der Waals surface area contributed by atoms with Crippen LogP contribution < -0.4 is 46.8 Å². The molecular weight excluding hydrogens is 1100 g/mol. The summed E-state index contributed by atoms with van der Waals surface area (Å²) in [5.74, 6) is 1.47. The highest BCUT2D eigenvalue weighted by molar-refractivity contribution is 7.22. The zero-order chi connectivity index (χ0) is 58.7. The standard InChI is InChI=1S/C81H59N5Si2/c1-8-30-59(31-9-1)62-36-28-46-69(54-62)87(65-38-14-4-15-39-65,66-40-16-5-17-41-66)71-56-64(57-72(58-71)88(67-42-18-6-19-43-67,68-44-20-7-21-45-68)70-47-29-37-63(55-70)60-32-10-2-11-33-60)79-83-80(82-76-51-25-22-48-73(76)61-34-12-3-13-35-61)85-81(84-79)86-77-52-26-23-49-74(77)75-50-24-27-53-78(75)86/h1-58H,(H,82,83,84,85). The van der Waals surface area contributed by atoms with Gasteiger partial charge in [-0.3, -0.25) is 4.57 Å². The molecule has 5 nitrogen and oxygen atoms in total. The van der Waals surface area contributed by atoms with Crippen LogP contribution in [0.15, 0.2) is 352 Å². The average Bonchev–Trinajstić information content (AvgIpc) is 1.54. The third-order valence-corrected chi connectivity index (χ3v) is 26.8. The van der Waals surface area contributed by atoms with E-state index in [2.05, 4.69) is 362 Å². The lowest BCUT2D eigenvalue weighted by Gasteiger charge is -2.38. The molecule has 416 valence electrons. The smallest absolute Gasteiger partial charge is 0.240 e. The van der Waals surface area contributed by atoms with Gasteiger partial charge >= 0.3 is 0 Å². The first kappa shape index (κ1) is 53.6. The van der Waals surface area contributed by atoms with Crippen LogP contribution in [0.5, 0.6) is 0 Å². The minimum Gasteiger partial charge on any atom is -0.323 e. The molecule has 15 rings (SSSR count). The van der Waals surface area contributed by atoms with Crippen LogP contribution in [0.2, 0.25) is 0 Å². The van der Waals surface area contributed by atoms with Crippen molar-refractivity contribution in [3.8, 4) is 50.7 Å². The maximum Gasteiger partial charge on any atom is 0.240 e. The predicted octanol–water partition coefficient (Wildman–Crippen LogP) is 14.1. The molecule has 0 spiro atoms. The Bertz CT molecular complexity index is 4610. The topological polar surface area (TPSA) is 55.6 Å². The SMILES string of the molecule is c1ccc(-c2cccc([Si](c3ccccc3)(c3ccccc3)c3cc(-c4nc(Nc5ccccc5-c5ccccc5)nc(-n5c6ccccc6c6ccccc65)n4)cc([Si](c4ccccc4)(c4ccccc4)c4cccc(-c5ccccc5)c4)c3)c2)cc1. The number of rotatable bonds is 15. The molecule has 0 unspecified atom stereocenters. The summed E-state index contributed by atoms with van der Waals surface area (Å²) in [6.45, 7) is 0. The molecule has 2 heterocycles. The van der Waals surface area contributed by atoms with Gasteiger partial charge in [-0.25, -0.2) is 0 Å². The highest BCUT2D eigenvalue weighted by Crippen LogP contribution is 2.34. The third-order valence-electron chi connectivity index (χ3n) is 17.4. The molecule has 0 amide bonds. The van der Waals surface area contributed by atoms with E-state index < -0.39 is 16.1 Å². The fraction of sp³-hybridized carbons (Fsp3) is 0. The minimum atomic E-state index is -3.43. The van der Waals surface area contributed by atoms with Crippen LogP contribution in [-0.4, -0.2) is 35.7 Å². The normalized spacial score (nSPS) is 11.6. The number of nitrogens with zero attached hydrogens (tertiary/aromatic N) is 4. The quantitative estimate of drug-likeness (QED) is 0.0821. The maximum absolute atomic E-state index is 5.79. The van der Waals surface area contributed by atoms with E-state index in [0.717, 1.165) is 66.4 Å². The maximum atomic E-state index is 5.79. The van der Waals surface area contributed by atoms with Gasteiger partial charge in [-0.15, -0.1) is 0 Å². The number of fused-ring (bicyclic) bond motifs is 3. The molecule has 0 aliphatic heterocycles. The lowest BCUT2D eigenvalue weighted by molar-refractivity contribution is 0.953.